The molecule has 2 aromatic rings. The Balaban J connectivity index is 2.39. The highest BCUT2D eigenvalue weighted by Gasteiger charge is 2.17. The molecule has 98 valence electrons. The Bertz CT molecular complexity index is 622. The zero-order valence-electron chi connectivity index (χ0n) is 11.3. The van der Waals surface area contributed by atoms with Crippen LogP contribution >= 0.6 is 15.9 Å². The SMILES string of the molecule is Cc1ccc(Br)c(C(=O)N(C)c2ccccc2C)c1. The van der Waals surface area contributed by atoms with E-state index in [1.54, 1.807) is 11.9 Å². The normalized spacial score (nSPS) is 10.3. The van der Waals surface area contributed by atoms with E-state index in [4.69, 9.17) is 0 Å². The van der Waals surface area contributed by atoms with Gasteiger partial charge in [0.1, 0.15) is 0 Å². The molecule has 0 aliphatic heterocycles. The number of anilines is 1. The van der Waals surface area contributed by atoms with Crippen molar-refractivity contribution in [2.75, 3.05) is 11.9 Å². The number of benzene rings is 2. The van der Waals surface area contributed by atoms with Gasteiger partial charge in [-0.15, -0.1) is 0 Å². The summed E-state index contributed by atoms with van der Waals surface area (Å²) in [4.78, 5) is 14.3. The Morgan fingerprint density at radius 3 is 2.47 bits per heavy atom. The summed E-state index contributed by atoms with van der Waals surface area (Å²) in [5.41, 5.74) is 3.78. The Morgan fingerprint density at radius 2 is 1.79 bits per heavy atom. The minimum atomic E-state index is -0.00937. The predicted octanol–water partition coefficient (Wildman–Crippen LogP) is 4.34. The zero-order chi connectivity index (χ0) is 14.0. The van der Waals surface area contributed by atoms with E-state index in [0.717, 1.165) is 21.3 Å². The van der Waals surface area contributed by atoms with Crippen molar-refractivity contribution >= 4 is 27.5 Å². The molecule has 0 N–H and O–H groups in total. The third-order valence-electron chi connectivity index (χ3n) is 3.13. The molecule has 0 bridgehead atoms. The van der Waals surface area contributed by atoms with Gasteiger partial charge in [0, 0.05) is 17.2 Å². The lowest BCUT2D eigenvalue weighted by atomic mass is 10.1. The van der Waals surface area contributed by atoms with Gasteiger partial charge in [-0.25, -0.2) is 0 Å². The van der Waals surface area contributed by atoms with E-state index in [2.05, 4.69) is 15.9 Å². The van der Waals surface area contributed by atoms with Crippen LogP contribution in [0.25, 0.3) is 0 Å². The topological polar surface area (TPSA) is 20.3 Å². The van der Waals surface area contributed by atoms with Gasteiger partial charge in [-0.3, -0.25) is 4.79 Å². The zero-order valence-corrected chi connectivity index (χ0v) is 12.9. The van der Waals surface area contributed by atoms with E-state index in [1.165, 1.54) is 0 Å². The molecule has 2 nitrogen and oxygen atoms in total. The van der Waals surface area contributed by atoms with Crippen LogP contribution in [0.1, 0.15) is 21.5 Å². The van der Waals surface area contributed by atoms with Crippen LogP contribution in [0.4, 0.5) is 5.69 Å². The summed E-state index contributed by atoms with van der Waals surface area (Å²) in [6.07, 6.45) is 0. The number of carbonyl (C=O) groups is 1. The monoisotopic (exact) mass is 317 g/mol. The number of hydrogen-bond donors (Lipinski definition) is 0. The number of hydrogen-bond acceptors (Lipinski definition) is 1. The maximum Gasteiger partial charge on any atom is 0.259 e. The molecule has 0 atom stereocenters. The molecule has 0 aliphatic rings. The van der Waals surface area contributed by atoms with E-state index >= 15 is 0 Å². The molecule has 2 rings (SSSR count). The largest absolute Gasteiger partial charge is 0.311 e. The van der Waals surface area contributed by atoms with Crippen LogP contribution in [0.3, 0.4) is 0 Å². The molecule has 1 amide bonds. The number of halogens is 1. The third-order valence-corrected chi connectivity index (χ3v) is 3.83. The number of rotatable bonds is 2. The second-order valence-corrected chi connectivity index (χ2v) is 5.49. The standard InChI is InChI=1S/C16H16BrNO/c1-11-8-9-14(17)13(10-11)16(19)18(3)15-7-5-4-6-12(15)2/h4-10H,1-3H3. The van der Waals surface area contributed by atoms with Gasteiger partial charge in [-0.1, -0.05) is 29.8 Å². The lowest BCUT2D eigenvalue weighted by Gasteiger charge is -2.20. The summed E-state index contributed by atoms with van der Waals surface area (Å²) in [5, 5.41) is 0. The molecule has 0 radical (unpaired) electrons. The van der Waals surface area contributed by atoms with Crippen molar-refractivity contribution in [3.63, 3.8) is 0 Å². The van der Waals surface area contributed by atoms with Crippen LogP contribution in [0.2, 0.25) is 0 Å². The van der Waals surface area contributed by atoms with Crippen LogP contribution in [-0.2, 0) is 0 Å². The number of para-hydroxylation sites is 1. The Labute approximate surface area is 122 Å². The van der Waals surface area contributed by atoms with Crippen molar-refractivity contribution in [2.24, 2.45) is 0 Å². The molecule has 19 heavy (non-hydrogen) atoms. The molecule has 0 saturated carbocycles. The van der Waals surface area contributed by atoms with Gasteiger partial charge in [-0.05, 0) is 53.5 Å². The first-order valence-electron chi connectivity index (χ1n) is 6.10. The van der Waals surface area contributed by atoms with Crippen molar-refractivity contribution in [3.8, 4) is 0 Å². The molecule has 0 fully saturated rings. The van der Waals surface area contributed by atoms with Gasteiger partial charge >= 0.3 is 0 Å². The highest BCUT2D eigenvalue weighted by atomic mass is 79.9. The molecule has 2 aromatic carbocycles. The Hall–Kier alpha value is -1.61. The summed E-state index contributed by atoms with van der Waals surface area (Å²) in [6.45, 7) is 3.99. The van der Waals surface area contributed by atoms with Gasteiger partial charge in [0.15, 0.2) is 0 Å². The number of nitrogens with zero attached hydrogens (tertiary/aromatic N) is 1. The summed E-state index contributed by atoms with van der Waals surface area (Å²) in [7, 11) is 1.80. The van der Waals surface area contributed by atoms with Crippen LogP contribution in [0.15, 0.2) is 46.9 Å². The first-order chi connectivity index (χ1) is 9.00. The highest BCUT2D eigenvalue weighted by Crippen LogP contribution is 2.24. The fraction of sp³-hybridized carbons (Fsp3) is 0.188. The lowest BCUT2D eigenvalue weighted by molar-refractivity contribution is 0.0992. The third kappa shape index (κ3) is 2.87. The van der Waals surface area contributed by atoms with Crippen molar-refractivity contribution in [2.45, 2.75) is 13.8 Å². The maximum absolute atomic E-state index is 12.6. The molecule has 0 spiro atoms. The second-order valence-electron chi connectivity index (χ2n) is 4.63. The molecule has 0 heterocycles. The molecule has 0 aromatic heterocycles. The fourth-order valence-electron chi connectivity index (χ4n) is 2.03. The van der Waals surface area contributed by atoms with Gasteiger partial charge in [0.05, 0.1) is 5.56 Å². The average Bonchev–Trinajstić information content (AvgIpc) is 2.40. The van der Waals surface area contributed by atoms with Crippen LogP contribution in [0, 0.1) is 13.8 Å². The van der Waals surface area contributed by atoms with E-state index in [0.29, 0.717) is 5.56 Å². The summed E-state index contributed by atoms with van der Waals surface area (Å²) >= 11 is 3.44. The molecule has 0 unspecified atom stereocenters. The van der Waals surface area contributed by atoms with Crippen LogP contribution in [-0.4, -0.2) is 13.0 Å². The van der Waals surface area contributed by atoms with E-state index in [-0.39, 0.29) is 5.91 Å². The van der Waals surface area contributed by atoms with Crippen molar-refractivity contribution in [1.82, 2.24) is 0 Å². The summed E-state index contributed by atoms with van der Waals surface area (Å²) in [5.74, 6) is -0.00937. The summed E-state index contributed by atoms with van der Waals surface area (Å²) in [6, 6.07) is 13.7. The van der Waals surface area contributed by atoms with Crippen molar-refractivity contribution in [1.29, 1.82) is 0 Å². The van der Waals surface area contributed by atoms with Crippen molar-refractivity contribution < 1.29 is 4.79 Å². The minimum Gasteiger partial charge on any atom is -0.311 e. The van der Waals surface area contributed by atoms with E-state index in [9.17, 15) is 4.79 Å². The number of aryl methyl sites for hydroxylation is 2. The van der Waals surface area contributed by atoms with E-state index < -0.39 is 0 Å². The smallest absolute Gasteiger partial charge is 0.259 e. The summed E-state index contributed by atoms with van der Waals surface area (Å²) < 4.78 is 0.823. The molecule has 0 saturated heterocycles. The van der Waals surface area contributed by atoms with Gasteiger partial charge in [-0.2, -0.15) is 0 Å². The molecular weight excluding hydrogens is 302 g/mol. The lowest BCUT2D eigenvalue weighted by Crippen LogP contribution is -2.27. The quantitative estimate of drug-likeness (QED) is 0.806. The molecule has 3 heteroatoms. The molecular formula is C16H16BrNO. The number of carbonyl (C=O) groups excluding carboxylic acids is 1. The first-order valence-corrected chi connectivity index (χ1v) is 6.90. The Morgan fingerprint density at radius 1 is 1.11 bits per heavy atom. The Kier molecular flexibility index (Phi) is 4.05. The second kappa shape index (κ2) is 5.57. The van der Waals surface area contributed by atoms with Crippen LogP contribution < -0.4 is 4.90 Å². The van der Waals surface area contributed by atoms with Gasteiger partial charge in [0.2, 0.25) is 0 Å². The number of amides is 1. The highest BCUT2D eigenvalue weighted by molar-refractivity contribution is 9.10. The predicted molar refractivity (Wildman–Crippen MR) is 82.8 cm³/mol. The fourth-order valence-corrected chi connectivity index (χ4v) is 2.45. The average molecular weight is 318 g/mol. The van der Waals surface area contributed by atoms with Gasteiger partial charge < -0.3 is 4.90 Å². The minimum absolute atomic E-state index is 0.00937. The maximum atomic E-state index is 12.6. The van der Waals surface area contributed by atoms with Crippen molar-refractivity contribution in [3.05, 3.63) is 63.6 Å². The van der Waals surface area contributed by atoms with Crippen LogP contribution in [0.5, 0.6) is 0 Å². The van der Waals surface area contributed by atoms with E-state index in [1.807, 2.05) is 56.3 Å². The van der Waals surface area contributed by atoms with Gasteiger partial charge in [0.25, 0.3) is 5.91 Å². The molecule has 0 aliphatic carbocycles. The first kappa shape index (κ1) is 13.8.